The molecule has 0 bridgehead atoms. The van der Waals surface area contributed by atoms with E-state index < -0.39 is 14.9 Å². The molecule has 0 saturated carbocycles. The molecule has 0 fully saturated rings. The average Bonchev–Trinajstić information content (AvgIpc) is 2.99. The van der Waals surface area contributed by atoms with E-state index in [1.165, 1.54) is 13.0 Å². The van der Waals surface area contributed by atoms with Gasteiger partial charge in [0.1, 0.15) is 0 Å². The lowest BCUT2D eigenvalue weighted by Crippen LogP contribution is -2.30. The lowest BCUT2D eigenvalue weighted by molar-refractivity contribution is -0.384. The smallest absolute Gasteiger partial charge is 0.269 e. The molecular weight excluding hydrogens is 336 g/mol. The molecule has 2 aliphatic rings. The second-order valence-electron chi connectivity index (χ2n) is 5.50. The molecule has 0 saturated heterocycles. The van der Waals surface area contributed by atoms with Crippen molar-refractivity contribution in [1.29, 1.82) is 0 Å². The number of allylic oxidation sites excluding steroid dienone is 2. The van der Waals surface area contributed by atoms with Gasteiger partial charge < -0.3 is 0 Å². The van der Waals surface area contributed by atoms with Crippen LogP contribution in [-0.4, -0.2) is 42.3 Å². The van der Waals surface area contributed by atoms with Gasteiger partial charge in [0.15, 0.2) is 11.6 Å². The summed E-state index contributed by atoms with van der Waals surface area (Å²) >= 11 is 0. The fraction of sp³-hybridized carbons (Fsp3) is 0.200. The van der Waals surface area contributed by atoms with E-state index in [0.717, 1.165) is 28.6 Å². The zero-order valence-corrected chi connectivity index (χ0v) is 13.4. The molecule has 0 amide bonds. The van der Waals surface area contributed by atoms with Crippen molar-refractivity contribution in [2.75, 3.05) is 13.1 Å². The van der Waals surface area contributed by atoms with E-state index in [9.17, 15) is 28.1 Å². The zero-order chi connectivity index (χ0) is 17.6. The molecule has 0 unspecified atom stereocenters. The molecule has 1 aromatic rings. The second-order valence-corrected chi connectivity index (χ2v) is 7.44. The summed E-state index contributed by atoms with van der Waals surface area (Å²) in [7, 11) is -3.96. The first-order valence-electron chi connectivity index (χ1n) is 6.96. The van der Waals surface area contributed by atoms with Crippen molar-refractivity contribution in [1.82, 2.24) is 4.31 Å². The maximum Gasteiger partial charge on any atom is 0.269 e. The molecule has 0 N–H and O–H groups in total. The number of benzene rings is 1. The highest BCUT2D eigenvalue weighted by atomic mass is 32.2. The largest absolute Gasteiger partial charge is 0.290 e. The van der Waals surface area contributed by atoms with Gasteiger partial charge >= 0.3 is 0 Å². The summed E-state index contributed by atoms with van der Waals surface area (Å²) < 4.78 is 26.3. The molecule has 1 aliphatic carbocycles. The molecule has 0 atom stereocenters. The molecule has 9 heteroatoms. The number of non-ortho nitro benzene ring substituents is 1. The Hall–Kier alpha value is -2.65. The first-order valence-corrected chi connectivity index (χ1v) is 8.40. The first-order chi connectivity index (χ1) is 11.2. The Morgan fingerprint density at radius 2 is 1.67 bits per heavy atom. The van der Waals surface area contributed by atoms with E-state index in [1.54, 1.807) is 0 Å². The van der Waals surface area contributed by atoms with Crippen LogP contribution in [0.2, 0.25) is 0 Å². The van der Waals surface area contributed by atoms with Crippen LogP contribution in [0.1, 0.15) is 6.92 Å². The van der Waals surface area contributed by atoms with Gasteiger partial charge in [0.05, 0.1) is 9.82 Å². The molecule has 124 valence electrons. The number of nitro benzene ring substituents is 1. The summed E-state index contributed by atoms with van der Waals surface area (Å²) in [6, 6.07) is 4.46. The standard InChI is InChI=1S/C15H12N2O6S/c1-9-6-14(18)12-7-16(8-13(12)15(9)19)24(22,23)11-4-2-10(3-5-11)17(20)21/h2-6H,7-8H2,1H3. The Bertz CT molecular complexity index is 941. The predicted octanol–water partition coefficient (Wildman–Crippen LogP) is 0.994. The van der Waals surface area contributed by atoms with Crippen molar-refractivity contribution in [2.45, 2.75) is 11.8 Å². The van der Waals surface area contributed by atoms with Crippen molar-refractivity contribution in [3.63, 3.8) is 0 Å². The van der Waals surface area contributed by atoms with Gasteiger partial charge in [-0.15, -0.1) is 0 Å². The highest BCUT2D eigenvalue weighted by molar-refractivity contribution is 7.89. The number of ketones is 2. The fourth-order valence-electron chi connectivity index (χ4n) is 2.68. The lowest BCUT2D eigenvalue weighted by atomic mass is 9.92. The Kier molecular flexibility index (Phi) is 3.69. The minimum absolute atomic E-state index is 0.127. The van der Waals surface area contributed by atoms with Crippen LogP contribution in [0.15, 0.2) is 52.0 Å². The van der Waals surface area contributed by atoms with Gasteiger partial charge in [0.2, 0.25) is 10.0 Å². The highest BCUT2D eigenvalue weighted by Crippen LogP contribution is 2.30. The summed E-state index contributed by atoms with van der Waals surface area (Å²) in [5.41, 5.74) is 0.452. The summed E-state index contributed by atoms with van der Waals surface area (Å²) in [4.78, 5) is 34.0. The van der Waals surface area contributed by atoms with Gasteiger partial charge in [0.25, 0.3) is 5.69 Å². The molecule has 0 spiro atoms. The van der Waals surface area contributed by atoms with Crippen LogP contribution in [0.4, 0.5) is 5.69 Å². The number of hydrogen-bond donors (Lipinski definition) is 0. The van der Waals surface area contributed by atoms with Crippen LogP contribution in [0.25, 0.3) is 0 Å². The van der Waals surface area contributed by atoms with Crippen LogP contribution in [0.3, 0.4) is 0 Å². The number of nitrogens with zero attached hydrogens (tertiary/aromatic N) is 2. The molecular formula is C15H12N2O6S. The van der Waals surface area contributed by atoms with Gasteiger partial charge in [-0.3, -0.25) is 19.7 Å². The van der Waals surface area contributed by atoms with Crippen LogP contribution in [0, 0.1) is 10.1 Å². The van der Waals surface area contributed by atoms with Crippen molar-refractivity contribution in [3.05, 3.63) is 57.2 Å². The molecule has 24 heavy (non-hydrogen) atoms. The number of rotatable bonds is 3. The molecule has 1 aromatic carbocycles. The lowest BCUT2D eigenvalue weighted by Gasteiger charge is -2.16. The first kappa shape index (κ1) is 16.2. The van der Waals surface area contributed by atoms with Crippen molar-refractivity contribution >= 4 is 27.3 Å². The van der Waals surface area contributed by atoms with Crippen molar-refractivity contribution in [2.24, 2.45) is 0 Å². The topological polar surface area (TPSA) is 115 Å². The molecule has 0 radical (unpaired) electrons. The third-order valence-electron chi connectivity index (χ3n) is 4.00. The second kappa shape index (κ2) is 5.46. The van der Waals surface area contributed by atoms with E-state index in [4.69, 9.17) is 0 Å². The Morgan fingerprint density at radius 3 is 2.25 bits per heavy atom. The third kappa shape index (κ3) is 2.47. The van der Waals surface area contributed by atoms with E-state index in [1.807, 2.05) is 0 Å². The number of carbonyl (C=O) groups excluding carboxylic acids is 2. The molecule has 3 rings (SSSR count). The number of Topliss-reactive ketones (excluding diaryl/α,β-unsaturated/α-hetero) is 1. The van der Waals surface area contributed by atoms with E-state index >= 15 is 0 Å². The van der Waals surface area contributed by atoms with E-state index in [-0.39, 0.29) is 52.0 Å². The summed E-state index contributed by atoms with van der Waals surface area (Å²) in [5, 5.41) is 10.6. The Balaban J connectivity index is 1.90. The Morgan fingerprint density at radius 1 is 1.08 bits per heavy atom. The Labute approximate surface area is 137 Å². The fourth-order valence-corrected chi connectivity index (χ4v) is 4.06. The van der Waals surface area contributed by atoms with Crippen LogP contribution >= 0.6 is 0 Å². The molecule has 1 heterocycles. The summed E-state index contributed by atoms with van der Waals surface area (Å²) in [6.07, 6.45) is 1.21. The van der Waals surface area contributed by atoms with Gasteiger partial charge in [0, 0.05) is 41.9 Å². The molecule has 0 aromatic heterocycles. The number of sulfonamides is 1. The predicted molar refractivity (Wildman–Crippen MR) is 82.7 cm³/mol. The monoisotopic (exact) mass is 348 g/mol. The minimum atomic E-state index is -3.96. The maximum absolute atomic E-state index is 12.6. The number of nitro groups is 1. The van der Waals surface area contributed by atoms with Crippen molar-refractivity contribution < 1.29 is 22.9 Å². The van der Waals surface area contributed by atoms with Gasteiger partial charge in [-0.2, -0.15) is 4.31 Å². The molecule has 1 aliphatic heterocycles. The highest BCUT2D eigenvalue weighted by Gasteiger charge is 2.39. The van der Waals surface area contributed by atoms with E-state index in [2.05, 4.69) is 0 Å². The van der Waals surface area contributed by atoms with Crippen LogP contribution in [-0.2, 0) is 19.6 Å². The van der Waals surface area contributed by atoms with Crippen LogP contribution < -0.4 is 0 Å². The third-order valence-corrected chi connectivity index (χ3v) is 5.80. The SMILES string of the molecule is CC1=CC(=O)C2=C(CN(S(=O)(=O)c3ccc([N+](=O)[O-])cc3)C2)C1=O. The van der Waals surface area contributed by atoms with Crippen molar-refractivity contribution in [3.8, 4) is 0 Å². The zero-order valence-electron chi connectivity index (χ0n) is 12.6. The summed E-state index contributed by atoms with van der Waals surface area (Å²) in [5.74, 6) is -0.686. The normalized spacial score (nSPS) is 18.6. The van der Waals surface area contributed by atoms with Gasteiger partial charge in [-0.25, -0.2) is 8.42 Å². The summed E-state index contributed by atoms with van der Waals surface area (Å²) in [6.45, 7) is 1.16. The van der Waals surface area contributed by atoms with Crippen LogP contribution in [0.5, 0.6) is 0 Å². The van der Waals surface area contributed by atoms with Gasteiger partial charge in [-0.1, -0.05) is 0 Å². The van der Waals surface area contributed by atoms with Gasteiger partial charge in [-0.05, 0) is 25.1 Å². The number of carbonyl (C=O) groups is 2. The maximum atomic E-state index is 12.6. The van der Waals surface area contributed by atoms with E-state index in [0.29, 0.717) is 0 Å². The number of hydrogen-bond acceptors (Lipinski definition) is 6. The quantitative estimate of drug-likeness (QED) is 0.457. The molecule has 8 nitrogen and oxygen atoms in total. The average molecular weight is 348 g/mol. The minimum Gasteiger partial charge on any atom is -0.290 e.